The van der Waals surface area contributed by atoms with Gasteiger partial charge in [-0.25, -0.2) is 0 Å². The lowest BCUT2D eigenvalue weighted by Crippen LogP contribution is -2.49. The van der Waals surface area contributed by atoms with E-state index in [2.05, 4.69) is 6.92 Å². The molecular weight excluding hydrogens is 168 g/mol. The van der Waals surface area contributed by atoms with E-state index in [4.69, 9.17) is 9.47 Å². The minimum Gasteiger partial charge on any atom is -0.460 e. The molecule has 0 radical (unpaired) electrons. The van der Waals surface area contributed by atoms with Crippen molar-refractivity contribution in [2.24, 2.45) is 5.92 Å². The zero-order valence-corrected chi connectivity index (χ0v) is 8.58. The number of rotatable bonds is 4. The maximum Gasteiger partial charge on any atom is 0.305 e. The highest BCUT2D eigenvalue weighted by Crippen LogP contribution is 2.33. The van der Waals surface area contributed by atoms with Crippen LogP contribution in [0.5, 0.6) is 0 Å². The Labute approximate surface area is 79.4 Å². The molecule has 0 amide bonds. The molecule has 0 aromatic carbocycles. The van der Waals surface area contributed by atoms with E-state index in [1.807, 2.05) is 6.92 Å². The maximum absolute atomic E-state index is 11.0. The zero-order valence-electron chi connectivity index (χ0n) is 8.58. The van der Waals surface area contributed by atoms with Crippen LogP contribution in [-0.4, -0.2) is 24.8 Å². The first kappa shape index (κ1) is 10.5. The topological polar surface area (TPSA) is 35.5 Å². The van der Waals surface area contributed by atoms with E-state index in [0.717, 1.165) is 6.42 Å². The third-order valence-corrected chi connectivity index (χ3v) is 2.46. The Morgan fingerprint density at radius 2 is 2.15 bits per heavy atom. The van der Waals surface area contributed by atoms with Gasteiger partial charge in [0.05, 0.1) is 6.10 Å². The Morgan fingerprint density at radius 1 is 1.46 bits per heavy atom. The summed E-state index contributed by atoms with van der Waals surface area (Å²) in [5.41, 5.74) is 0. The van der Waals surface area contributed by atoms with Crippen LogP contribution in [0, 0.1) is 5.92 Å². The van der Waals surface area contributed by atoms with Crippen LogP contribution in [0.15, 0.2) is 0 Å². The Kier molecular flexibility index (Phi) is 3.72. The minimum atomic E-state index is -0.124. The highest BCUT2D eigenvalue weighted by atomic mass is 16.6. The van der Waals surface area contributed by atoms with Crippen LogP contribution in [-0.2, 0) is 14.3 Å². The molecule has 3 atom stereocenters. The lowest BCUT2D eigenvalue weighted by molar-refractivity contribution is -0.181. The van der Waals surface area contributed by atoms with Gasteiger partial charge in [-0.1, -0.05) is 13.8 Å². The second-order valence-corrected chi connectivity index (χ2v) is 3.51. The first-order chi connectivity index (χ1) is 6.19. The summed E-state index contributed by atoms with van der Waals surface area (Å²) < 4.78 is 10.7. The summed E-state index contributed by atoms with van der Waals surface area (Å²) in [5, 5.41) is 0. The van der Waals surface area contributed by atoms with Crippen molar-refractivity contribution >= 4 is 5.97 Å². The van der Waals surface area contributed by atoms with E-state index in [1.165, 1.54) is 0 Å². The van der Waals surface area contributed by atoms with Gasteiger partial charge in [0.1, 0.15) is 6.10 Å². The van der Waals surface area contributed by atoms with Crippen LogP contribution >= 0.6 is 0 Å². The van der Waals surface area contributed by atoms with Crippen molar-refractivity contribution in [2.75, 3.05) is 6.61 Å². The molecule has 1 rings (SSSR count). The molecule has 0 aliphatic heterocycles. The number of esters is 1. The third-order valence-electron chi connectivity index (χ3n) is 2.46. The van der Waals surface area contributed by atoms with Gasteiger partial charge < -0.3 is 9.47 Å². The van der Waals surface area contributed by atoms with E-state index in [0.29, 0.717) is 18.9 Å². The fourth-order valence-electron chi connectivity index (χ4n) is 1.64. The van der Waals surface area contributed by atoms with Crippen LogP contribution in [0.4, 0.5) is 0 Å². The van der Waals surface area contributed by atoms with Gasteiger partial charge in [-0.05, 0) is 19.3 Å². The van der Waals surface area contributed by atoms with Gasteiger partial charge in [0.15, 0.2) is 0 Å². The molecule has 13 heavy (non-hydrogen) atoms. The average molecular weight is 186 g/mol. The van der Waals surface area contributed by atoms with Gasteiger partial charge in [0.25, 0.3) is 0 Å². The summed E-state index contributed by atoms with van der Waals surface area (Å²) in [4.78, 5) is 11.0. The second kappa shape index (κ2) is 4.61. The first-order valence-corrected chi connectivity index (χ1v) is 5.00. The highest BCUT2D eigenvalue weighted by molar-refractivity contribution is 5.69. The van der Waals surface area contributed by atoms with Gasteiger partial charge >= 0.3 is 5.97 Å². The monoisotopic (exact) mass is 186 g/mol. The van der Waals surface area contributed by atoms with Crippen molar-refractivity contribution < 1.29 is 14.3 Å². The molecule has 1 aliphatic carbocycles. The van der Waals surface area contributed by atoms with Gasteiger partial charge in [-0.2, -0.15) is 0 Å². The van der Waals surface area contributed by atoms with Crippen LogP contribution in [0.25, 0.3) is 0 Å². The van der Waals surface area contributed by atoms with Crippen LogP contribution < -0.4 is 0 Å². The Bertz CT molecular complexity index is 179. The molecule has 1 fully saturated rings. The molecule has 3 heteroatoms. The average Bonchev–Trinajstić information content (AvgIpc) is 2.13. The molecule has 1 saturated carbocycles. The summed E-state index contributed by atoms with van der Waals surface area (Å²) in [6, 6.07) is 0. The van der Waals surface area contributed by atoms with Crippen molar-refractivity contribution in [1.29, 1.82) is 0 Å². The first-order valence-electron chi connectivity index (χ1n) is 5.00. The normalized spacial score (nSPS) is 32.4. The molecule has 76 valence electrons. The summed E-state index contributed by atoms with van der Waals surface area (Å²) in [7, 11) is 0. The fourth-order valence-corrected chi connectivity index (χ4v) is 1.64. The lowest BCUT2D eigenvalue weighted by Gasteiger charge is -2.41. The van der Waals surface area contributed by atoms with E-state index < -0.39 is 0 Å². The van der Waals surface area contributed by atoms with Gasteiger partial charge in [-0.3, -0.25) is 4.79 Å². The summed E-state index contributed by atoms with van der Waals surface area (Å²) in [6.07, 6.45) is 1.52. The molecule has 0 aromatic heterocycles. The van der Waals surface area contributed by atoms with Gasteiger partial charge in [0.2, 0.25) is 0 Å². The standard InChI is InChI=1S/C10H18O3/c1-4-9(11)13-8-6-7(3)10(8)12-5-2/h7-8,10H,4-6H2,1-3H3. The number of carbonyl (C=O) groups is 1. The predicted octanol–water partition coefficient (Wildman–Crippen LogP) is 1.75. The van der Waals surface area contributed by atoms with E-state index in [9.17, 15) is 4.79 Å². The zero-order chi connectivity index (χ0) is 9.84. The maximum atomic E-state index is 11.0. The molecule has 0 N–H and O–H groups in total. The van der Waals surface area contributed by atoms with Crippen LogP contribution in [0.3, 0.4) is 0 Å². The number of carbonyl (C=O) groups excluding carboxylic acids is 1. The summed E-state index contributed by atoms with van der Waals surface area (Å²) in [5.74, 6) is 0.399. The van der Waals surface area contributed by atoms with E-state index >= 15 is 0 Å². The van der Waals surface area contributed by atoms with Crippen molar-refractivity contribution in [3.05, 3.63) is 0 Å². The molecular formula is C10H18O3. The molecule has 0 heterocycles. The van der Waals surface area contributed by atoms with Crippen molar-refractivity contribution in [1.82, 2.24) is 0 Å². The van der Waals surface area contributed by atoms with Crippen LogP contribution in [0.2, 0.25) is 0 Å². The van der Waals surface area contributed by atoms with Crippen molar-refractivity contribution in [2.45, 2.75) is 45.8 Å². The number of hydrogen-bond acceptors (Lipinski definition) is 3. The van der Waals surface area contributed by atoms with Crippen molar-refractivity contribution in [3.63, 3.8) is 0 Å². The molecule has 3 nitrogen and oxygen atoms in total. The highest BCUT2D eigenvalue weighted by Gasteiger charge is 2.41. The molecule has 1 aliphatic rings. The third kappa shape index (κ3) is 2.44. The van der Waals surface area contributed by atoms with Gasteiger partial charge in [-0.15, -0.1) is 0 Å². The fraction of sp³-hybridized carbons (Fsp3) is 0.900. The van der Waals surface area contributed by atoms with E-state index in [-0.39, 0.29) is 18.2 Å². The predicted molar refractivity (Wildman–Crippen MR) is 49.4 cm³/mol. The Balaban J connectivity index is 2.31. The van der Waals surface area contributed by atoms with E-state index in [1.54, 1.807) is 6.92 Å². The molecule has 3 unspecified atom stereocenters. The second-order valence-electron chi connectivity index (χ2n) is 3.51. The van der Waals surface area contributed by atoms with Crippen LogP contribution in [0.1, 0.15) is 33.6 Å². The lowest BCUT2D eigenvalue weighted by atomic mass is 9.80. The number of hydrogen-bond donors (Lipinski definition) is 0. The Morgan fingerprint density at radius 3 is 2.62 bits per heavy atom. The molecule has 0 bridgehead atoms. The molecule has 0 aromatic rings. The summed E-state index contributed by atoms with van der Waals surface area (Å²) >= 11 is 0. The number of ether oxygens (including phenoxy) is 2. The SMILES string of the molecule is CCOC1C(C)CC1OC(=O)CC. The quantitative estimate of drug-likeness (QED) is 0.627. The smallest absolute Gasteiger partial charge is 0.305 e. The molecule has 0 saturated heterocycles. The summed E-state index contributed by atoms with van der Waals surface area (Å²) in [6.45, 7) is 6.58. The Hall–Kier alpha value is -0.570. The molecule has 0 spiro atoms. The largest absolute Gasteiger partial charge is 0.460 e. The minimum absolute atomic E-state index is 0.00222. The van der Waals surface area contributed by atoms with Gasteiger partial charge in [0, 0.05) is 13.0 Å². The van der Waals surface area contributed by atoms with Crippen molar-refractivity contribution in [3.8, 4) is 0 Å².